The highest BCUT2D eigenvalue weighted by molar-refractivity contribution is 5.96. The van der Waals surface area contributed by atoms with Crippen molar-refractivity contribution in [1.82, 2.24) is 26.6 Å². The van der Waals surface area contributed by atoms with E-state index in [9.17, 15) is 14.4 Å². The second-order valence-corrected chi connectivity index (χ2v) is 11.1. The van der Waals surface area contributed by atoms with E-state index in [1.54, 1.807) is 0 Å². The molecule has 0 bridgehead atoms. The van der Waals surface area contributed by atoms with Crippen LogP contribution < -0.4 is 31.3 Å². The normalized spacial score (nSPS) is 23.1. The molecule has 0 radical (unpaired) electrons. The maximum absolute atomic E-state index is 13.9. The van der Waals surface area contributed by atoms with Crippen LogP contribution in [0.1, 0.15) is 44.2 Å². The Bertz CT molecular complexity index is 1130. The predicted octanol–water partition coefficient (Wildman–Crippen LogP) is 1.71. The Morgan fingerprint density at radius 2 is 1.62 bits per heavy atom. The molecule has 2 aliphatic rings. The molecule has 1 spiro atoms. The fourth-order valence-electron chi connectivity index (χ4n) is 5.40. The largest absolute Gasteiger partial charge is 0.492 e. The van der Waals surface area contributed by atoms with Crippen molar-refractivity contribution in [1.29, 1.82) is 0 Å². The first-order chi connectivity index (χ1) is 19.4. The minimum absolute atomic E-state index is 0.00341. The van der Waals surface area contributed by atoms with Gasteiger partial charge in [-0.15, -0.1) is 0 Å². The fraction of sp³-hybridized carbons (Fsp3) is 0.516. The maximum Gasteiger partial charge on any atom is 0.246 e. The predicted molar refractivity (Wildman–Crippen MR) is 155 cm³/mol. The SMILES string of the molecule is CC(C)[C@@H]1NCCOc2ccccc2CCCNC(=O)[C@H](Cc2ccccc2)NC(=O)C2(CCNCC2)NC1=O. The molecule has 0 unspecified atom stereocenters. The lowest BCUT2D eigenvalue weighted by atomic mass is 9.85. The lowest BCUT2D eigenvalue weighted by Crippen LogP contribution is -2.67. The number of benzene rings is 2. The summed E-state index contributed by atoms with van der Waals surface area (Å²) < 4.78 is 6.07. The highest BCUT2D eigenvalue weighted by Gasteiger charge is 2.43. The number of rotatable bonds is 3. The van der Waals surface area contributed by atoms with Crippen LogP contribution in [0.3, 0.4) is 0 Å². The highest BCUT2D eigenvalue weighted by atomic mass is 16.5. The van der Waals surface area contributed by atoms with Gasteiger partial charge in [-0.3, -0.25) is 14.4 Å². The summed E-state index contributed by atoms with van der Waals surface area (Å²) in [5.41, 5.74) is 0.911. The zero-order valence-corrected chi connectivity index (χ0v) is 23.6. The number of carbonyl (C=O) groups excluding carboxylic acids is 3. The van der Waals surface area contributed by atoms with Gasteiger partial charge in [0.1, 0.15) is 23.9 Å². The Labute approximate surface area is 237 Å². The molecule has 9 heteroatoms. The molecule has 0 saturated carbocycles. The first-order valence-electron chi connectivity index (χ1n) is 14.5. The molecule has 216 valence electrons. The summed E-state index contributed by atoms with van der Waals surface area (Å²) in [6.45, 7) is 6.51. The van der Waals surface area contributed by atoms with E-state index in [-0.39, 0.29) is 23.6 Å². The molecule has 4 rings (SSSR count). The number of nitrogens with one attached hydrogen (secondary N) is 5. The Morgan fingerprint density at radius 1 is 0.900 bits per heavy atom. The zero-order valence-electron chi connectivity index (χ0n) is 23.6. The molecule has 40 heavy (non-hydrogen) atoms. The number of aryl methyl sites for hydroxylation is 1. The number of carbonyl (C=O) groups is 3. The summed E-state index contributed by atoms with van der Waals surface area (Å²) in [5.74, 6) is 0.0263. The average Bonchev–Trinajstić information content (AvgIpc) is 2.95. The maximum atomic E-state index is 13.9. The lowest BCUT2D eigenvalue weighted by Gasteiger charge is -2.39. The Kier molecular flexibility index (Phi) is 10.5. The average molecular weight is 550 g/mol. The van der Waals surface area contributed by atoms with Crippen LogP contribution >= 0.6 is 0 Å². The van der Waals surface area contributed by atoms with Crippen LogP contribution in [0.4, 0.5) is 0 Å². The quantitative estimate of drug-likeness (QED) is 0.398. The summed E-state index contributed by atoms with van der Waals surface area (Å²) in [7, 11) is 0. The molecule has 2 aliphatic heterocycles. The first-order valence-corrected chi connectivity index (χ1v) is 14.5. The standard InChI is InChI=1S/C31H43N5O4/c1-22(2)27-29(38)36-31(14-17-32-18-15-31)30(39)35-25(21-23-9-4-3-5-10-23)28(37)34-16-8-12-24-11-6-7-13-26(24)40-20-19-33-27/h3-7,9-11,13,22,25,27,32-33H,8,12,14-21H2,1-2H3,(H,34,37)(H,35,39)(H,36,38)/t25-,27-/m0/s1. The van der Waals surface area contributed by atoms with Gasteiger partial charge in [-0.1, -0.05) is 62.4 Å². The van der Waals surface area contributed by atoms with Crippen molar-refractivity contribution in [3.8, 4) is 5.75 Å². The third-order valence-electron chi connectivity index (χ3n) is 7.73. The zero-order chi connectivity index (χ0) is 28.4. The minimum atomic E-state index is -1.10. The van der Waals surface area contributed by atoms with E-state index in [0.29, 0.717) is 52.0 Å². The molecular weight excluding hydrogens is 506 g/mol. The number of para-hydroxylation sites is 1. The second kappa shape index (κ2) is 14.3. The topological polar surface area (TPSA) is 121 Å². The Balaban J connectivity index is 1.61. The molecule has 2 heterocycles. The van der Waals surface area contributed by atoms with E-state index in [1.165, 1.54) is 0 Å². The molecule has 1 fully saturated rings. The third kappa shape index (κ3) is 7.82. The Hall–Kier alpha value is -3.43. The van der Waals surface area contributed by atoms with Crippen molar-refractivity contribution in [2.75, 3.05) is 32.8 Å². The van der Waals surface area contributed by atoms with Gasteiger partial charge in [0.25, 0.3) is 0 Å². The number of piperidine rings is 1. The summed E-state index contributed by atoms with van der Waals surface area (Å²) in [5, 5.41) is 15.8. The molecule has 3 amide bonds. The third-order valence-corrected chi connectivity index (χ3v) is 7.73. The molecule has 0 aromatic heterocycles. The van der Waals surface area contributed by atoms with Gasteiger partial charge in [-0.05, 0) is 61.9 Å². The molecule has 2 aromatic rings. The van der Waals surface area contributed by atoms with Gasteiger partial charge in [0, 0.05) is 19.5 Å². The molecule has 5 N–H and O–H groups in total. The van der Waals surface area contributed by atoms with Crippen LogP contribution in [0.2, 0.25) is 0 Å². The van der Waals surface area contributed by atoms with Crippen molar-refractivity contribution < 1.29 is 19.1 Å². The van der Waals surface area contributed by atoms with E-state index in [2.05, 4.69) is 26.6 Å². The van der Waals surface area contributed by atoms with Gasteiger partial charge in [0.2, 0.25) is 17.7 Å². The molecule has 9 nitrogen and oxygen atoms in total. The monoisotopic (exact) mass is 549 g/mol. The highest BCUT2D eigenvalue weighted by Crippen LogP contribution is 2.22. The molecular formula is C31H43N5O4. The number of fused-ring (bicyclic) bond motifs is 1. The van der Waals surface area contributed by atoms with Crippen LogP contribution in [0.15, 0.2) is 54.6 Å². The summed E-state index contributed by atoms with van der Waals surface area (Å²) in [6.07, 6.45) is 2.71. The molecule has 1 saturated heterocycles. The summed E-state index contributed by atoms with van der Waals surface area (Å²) in [4.78, 5) is 40.9. The van der Waals surface area contributed by atoms with Crippen LogP contribution in [-0.2, 0) is 27.2 Å². The van der Waals surface area contributed by atoms with Gasteiger partial charge in [0.15, 0.2) is 0 Å². The van der Waals surface area contributed by atoms with Crippen molar-refractivity contribution in [3.63, 3.8) is 0 Å². The van der Waals surface area contributed by atoms with E-state index in [4.69, 9.17) is 4.74 Å². The fourth-order valence-corrected chi connectivity index (χ4v) is 5.40. The van der Waals surface area contributed by atoms with E-state index in [0.717, 1.165) is 29.7 Å². The van der Waals surface area contributed by atoms with Crippen LogP contribution in [-0.4, -0.2) is 68.1 Å². The van der Waals surface area contributed by atoms with Crippen LogP contribution in [0, 0.1) is 5.92 Å². The first kappa shape index (κ1) is 29.6. The number of ether oxygens (including phenoxy) is 1. The van der Waals surface area contributed by atoms with E-state index in [1.807, 2.05) is 68.4 Å². The van der Waals surface area contributed by atoms with E-state index >= 15 is 0 Å². The minimum Gasteiger partial charge on any atom is -0.492 e. The summed E-state index contributed by atoms with van der Waals surface area (Å²) in [6, 6.07) is 16.3. The Morgan fingerprint density at radius 3 is 2.38 bits per heavy atom. The number of hydrogen-bond acceptors (Lipinski definition) is 6. The van der Waals surface area contributed by atoms with Gasteiger partial charge < -0.3 is 31.3 Å². The van der Waals surface area contributed by atoms with Crippen molar-refractivity contribution in [2.24, 2.45) is 5.92 Å². The smallest absolute Gasteiger partial charge is 0.246 e. The lowest BCUT2D eigenvalue weighted by molar-refractivity contribution is -0.138. The summed E-state index contributed by atoms with van der Waals surface area (Å²) >= 11 is 0. The van der Waals surface area contributed by atoms with Gasteiger partial charge in [-0.25, -0.2) is 0 Å². The van der Waals surface area contributed by atoms with Gasteiger partial charge in [-0.2, -0.15) is 0 Å². The molecule has 0 aliphatic carbocycles. The van der Waals surface area contributed by atoms with Crippen molar-refractivity contribution >= 4 is 17.7 Å². The van der Waals surface area contributed by atoms with Gasteiger partial charge >= 0.3 is 0 Å². The van der Waals surface area contributed by atoms with E-state index < -0.39 is 17.6 Å². The molecule has 2 atom stereocenters. The number of amides is 3. The van der Waals surface area contributed by atoms with Crippen molar-refractivity contribution in [2.45, 2.75) is 63.6 Å². The second-order valence-electron chi connectivity index (χ2n) is 11.1. The van der Waals surface area contributed by atoms with Crippen molar-refractivity contribution in [3.05, 3.63) is 65.7 Å². The number of hydrogen-bond donors (Lipinski definition) is 5. The van der Waals surface area contributed by atoms with Crippen LogP contribution in [0.5, 0.6) is 5.75 Å². The molecule has 2 aromatic carbocycles. The van der Waals surface area contributed by atoms with Gasteiger partial charge in [0.05, 0.1) is 6.04 Å². The van der Waals surface area contributed by atoms with Crippen LogP contribution in [0.25, 0.3) is 0 Å².